The first-order valence-corrected chi connectivity index (χ1v) is 11.8. The number of carbonyl (C=O) groups is 2. The van der Waals surface area contributed by atoms with E-state index >= 15 is 4.39 Å². The van der Waals surface area contributed by atoms with Crippen LogP contribution in [0, 0.1) is 23.6 Å². The van der Waals surface area contributed by atoms with E-state index in [1.54, 1.807) is 4.90 Å². The Morgan fingerprint density at radius 3 is 2.51 bits per heavy atom. The summed E-state index contributed by atoms with van der Waals surface area (Å²) in [6, 6.07) is 0.0890. The van der Waals surface area contributed by atoms with Gasteiger partial charge in [-0.1, -0.05) is 32.6 Å². The summed E-state index contributed by atoms with van der Waals surface area (Å²) in [4.78, 5) is 34.6. The minimum Gasteiger partial charge on any atom is -0.352 e. The Labute approximate surface area is 202 Å². The van der Waals surface area contributed by atoms with Gasteiger partial charge in [0.2, 0.25) is 18.1 Å². The molecule has 2 fully saturated rings. The maximum absolute atomic E-state index is 15.3. The van der Waals surface area contributed by atoms with Crippen molar-refractivity contribution in [3.63, 3.8) is 0 Å². The van der Waals surface area contributed by atoms with Crippen LogP contribution in [0.5, 0.6) is 0 Å². The van der Waals surface area contributed by atoms with Gasteiger partial charge in [0.15, 0.2) is 17.5 Å². The second kappa shape index (κ2) is 11.8. The number of nitrogens with zero attached hydrogens (tertiary/aromatic N) is 5. The molecule has 35 heavy (non-hydrogen) atoms. The third kappa shape index (κ3) is 6.72. The zero-order valence-corrected chi connectivity index (χ0v) is 20.3. The van der Waals surface area contributed by atoms with Crippen LogP contribution in [0.25, 0.3) is 0 Å². The molecular formula is C22H34F3N7O3. The number of rotatable bonds is 11. The molecule has 1 aliphatic heterocycles. The van der Waals surface area contributed by atoms with Crippen LogP contribution in [0.4, 0.5) is 24.8 Å². The molecule has 1 saturated carbocycles. The van der Waals surface area contributed by atoms with E-state index in [4.69, 9.17) is 0 Å². The first-order chi connectivity index (χ1) is 16.6. The van der Waals surface area contributed by atoms with Gasteiger partial charge in [0.1, 0.15) is 0 Å². The van der Waals surface area contributed by atoms with Crippen LogP contribution >= 0.6 is 0 Å². The Hall–Kier alpha value is -2.67. The molecule has 13 heteroatoms. The fourth-order valence-electron chi connectivity index (χ4n) is 5.04. The summed E-state index contributed by atoms with van der Waals surface area (Å²) in [6.45, 7) is 2.57. The largest absolute Gasteiger partial charge is 0.352 e. The van der Waals surface area contributed by atoms with Gasteiger partial charge in [0.05, 0.1) is 12.5 Å². The Kier molecular flexibility index (Phi) is 9.11. The molecule has 3 N–H and O–H groups in total. The number of alkyl halides is 2. The zero-order chi connectivity index (χ0) is 25.7. The normalized spacial score (nSPS) is 21.6. The molecule has 2 heterocycles. The Balaban J connectivity index is 1.77. The number of carbonyl (C=O) groups excluding carboxylic acids is 2. The van der Waals surface area contributed by atoms with E-state index in [2.05, 4.69) is 20.8 Å². The van der Waals surface area contributed by atoms with E-state index in [9.17, 15) is 23.6 Å². The van der Waals surface area contributed by atoms with Crippen molar-refractivity contribution in [1.82, 2.24) is 25.4 Å². The molecule has 3 atom stereocenters. The number of likely N-dealkylation sites (N-methyl/N-ethyl adjacent to an activating group) is 1. The summed E-state index contributed by atoms with van der Waals surface area (Å²) in [6.07, 6.45) is 1.55. The lowest BCUT2D eigenvalue weighted by Crippen LogP contribution is -2.41. The minimum absolute atomic E-state index is 0.0890. The highest BCUT2D eigenvalue weighted by molar-refractivity contribution is 5.80. The van der Waals surface area contributed by atoms with E-state index in [-0.39, 0.29) is 36.7 Å². The van der Waals surface area contributed by atoms with E-state index in [0.717, 1.165) is 25.7 Å². The molecule has 196 valence electrons. The highest BCUT2D eigenvalue weighted by Gasteiger charge is 2.35. The van der Waals surface area contributed by atoms with Crippen molar-refractivity contribution in [2.45, 2.75) is 51.5 Å². The number of hydroxylamine groups is 2. The van der Waals surface area contributed by atoms with Crippen LogP contribution in [0.3, 0.4) is 0 Å². The number of halogens is 3. The van der Waals surface area contributed by atoms with E-state index in [1.165, 1.54) is 0 Å². The predicted molar refractivity (Wildman–Crippen MR) is 122 cm³/mol. The molecule has 2 aliphatic rings. The lowest BCUT2D eigenvalue weighted by Gasteiger charge is -2.24. The number of nitrogens with one attached hydrogen (secondary N) is 2. The number of hydrogen-bond donors (Lipinski definition) is 3. The number of hydrazine groups is 1. The third-order valence-electron chi connectivity index (χ3n) is 6.88. The SMILES string of the molecule is CC1CN(c2nc(C(F)F)nc(NNC(=O)[C@H](CC3CCCC3)CN(O)C=O)c2F)C[C@H]1N(C)C. The molecule has 1 aliphatic carbocycles. The molecule has 1 aromatic rings. The van der Waals surface area contributed by atoms with E-state index in [1.807, 2.05) is 25.9 Å². The van der Waals surface area contributed by atoms with Gasteiger partial charge >= 0.3 is 0 Å². The van der Waals surface area contributed by atoms with Crippen molar-refractivity contribution in [1.29, 1.82) is 0 Å². The lowest BCUT2D eigenvalue weighted by molar-refractivity contribution is -0.154. The molecule has 1 aromatic heterocycles. The summed E-state index contributed by atoms with van der Waals surface area (Å²) >= 11 is 0. The summed E-state index contributed by atoms with van der Waals surface area (Å²) in [5.74, 6) is -3.61. The van der Waals surface area contributed by atoms with Crippen LogP contribution < -0.4 is 15.8 Å². The first-order valence-electron chi connectivity index (χ1n) is 11.8. The maximum atomic E-state index is 15.3. The molecule has 1 saturated heterocycles. The minimum atomic E-state index is -3.04. The summed E-state index contributed by atoms with van der Waals surface area (Å²) in [5, 5.41) is 9.99. The van der Waals surface area contributed by atoms with Crippen molar-refractivity contribution in [2.24, 2.45) is 17.8 Å². The van der Waals surface area contributed by atoms with Gasteiger partial charge in [0, 0.05) is 19.1 Å². The van der Waals surface area contributed by atoms with Gasteiger partial charge in [-0.25, -0.2) is 23.8 Å². The van der Waals surface area contributed by atoms with Gasteiger partial charge in [-0.2, -0.15) is 4.39 Å². The van der Waals surface area contributed by atoms with Gasteiger partial charge < -0.3 is 9.80 Å². The summed E-state index contributed by atoms with van der Waals surface area (Å²) in [5.41, 5.74) is 4.65. The van der Waals surface area contributed by atoms with Crippen LogP contribution in [-0.4, -0.2) is 77.2 Å². The maximum Gasteiger partial charge on any atom is 0.297 e. The van der Waals surface area contributed by atoms with E-state index in [0.29, 0.717) is 24.6 Å². The molecule has 0 bridgehead atoms. The average molecular weight is 502 g/mol. The molecule has 0 spiro atoms. The molecular weight excluding hydrogens is 467 g/mol. The molecule has 0 aromatic carbocycles. The molecule has 1 unspecified atom stereocenters. The first kappa shape index (κ1) is 26.9. The third-order valence-corrected chi connectivity index (χ3v) is 6.88. The standard InChI is InChI=1S/C22H34F3N7O3/c1-13-9-31(11-16(13)30(2)3)21-17(23)19(26-20(27-21)18(24)25)28-29-22(34)15(10-32(35)12-33)8-14-6-4-5-7-14/h12-16,18,35H,4-11H2,1-3H3,(H,29,34)(H,26,27,28)/t13?,15-,16-/m1/s1. The predicted octanol–water partition coefficient (Wildman–Crippen LogP) is 2.43. The summed E-state index contributed by atoms with van der Waals surface area (Å²) in [7, 11) is 3.79. The van der Waals surface area contributed by atoms with Crippen LogP contribution in [0.2, 0.25) is 0 Å². The number of anilines is 2. The number of hydrogen-bond acceptors (Lipinski definition) is 8. The van der Waals surface area contributed by atoms with Gasteiger partial charge in [-0.3, -0.25) is 25.6 Å². The number of aromatic nitrogens is 2. The van der Waals surface area contributed by atoms with Crippen molar-refractivity contribution >= 4 is 24.0 Å². The molecule has 2 amide bonds. The van der Waals surface area contributed by atoms with Crippen molar-refractivity contribution in [2.75, 3.05) is 44.1 Å². The van der Waals surface area contributed by atoms with Crippen LogP contribution in [0.1, 0.15) is 51.3 Å². The van der Waals surface area contributed by atoms with E-state index < -0.39 is 35.7 Å². The highest BCUT2D eigenvalue weighted by atomic mass is 19.3. The Morgan fingerprint density at radius 1 is 1.26 bits per heavy atom. The quantitative estimate of drug-likeness (QED) is 0.241. The fraction of sp³-hybridized carbons (Fsp3) is 0.727. The van der Waals surface area contributed by atoms with Crippen LogP contribution in [0.15, 0.2) is 0 Å². The lowest BCUT2D eigenvalue weighted by atomic mass is 9.92. The van der Waals surface area contributed by atoms with Gasteiger partial charge in [0.25, 0.3) is 6.43 Å². The smallest absolute Gasteiger partial charge is 0.297 e. The molecule has 10 nitrogen and oxygen atoms in total. The topological polar surface area (TPSA) is 114 Å². The second-order valence-electron chi connectivity index (χ2n) is 9.71. The van der Waals surface area contributed by atoms with Gasteiger partial charge in [-0.15, -0.1) is 0 Å². The number of amides is 2. The second-order valence-corrected chi connectivity index (χ2v) is 9.71. The van der Waals surface area contributed by atoms with Gasteiger partial charge in [-0.05, 0) is 32.4 Å². The van der Waals surface area contributed by atoms with Crippen molar-refractivity contribution in [3.8, 4) is 0 Å². The Morgan fingerprint density at radius 2 is 1.94 bits per heavy atom. The zero-order valence-electron chi connectivity index (χ0n) is 20.3. The van der Waals surface area contributed by atoms with Crippen LogP contribution in [-0.2, 0) is 9.59 Å². The summed E-state index contributed by atoms with van der Waals surface area (Å²) < 4.78 is 42.4. The van der Waals surface area contributed by atoms with Crippen molar-refractivity contribution < 1.29 is 28.0 Å². The van der Waals surface area contributed by atoms with Crippen molar-refractivity contribution in [3.05, 3.63) is 11.6 Å². The average Bonchev–Trinajstić information content (AvgIpc) is 3.46. The Bertz CT molecular complexity index is 886. The highest BCUT2D eigenvalue weighted by Crippen LogP contribution is 2.32. The fourth-order valence-corrected chi connectivity index (χ4v) is 5.04. The molecule has 0 radical (unpaired) electrons. The monoisotopic (exact) mass is 501 g/mol. The molecule has 3 rings (SSSR count).